The monoisotopic (exact) mass is 225 g/mol. The van der Waals surface area contributed by atoms with Crippen LogP contribution in [0.2, 0.25) is 0 Å². The quantitative estimate of drug-likeness (QED) is 0.818. The van der Waals surface area contributed by atoms with Gasteiger partial charge in [-0.25, -0.2) is 4.39 Å². The zero-order chi connectivity index (χ0) is 12.1. The van der Waals surface area contributed by atoms with Gasteiger partial charge in [-0.1, -0.05) is 26.0 Å². The van der Waals surface area contributed by atoms with Crippen LogP contribution in [0.4, 0.5) is 4.39 Å². The Morgan fingerprint density at radius 1 is 1.50 bits per heavy atom. The first kappa shape index (κ1) is 12.6. The molecule has 0 unspecified atom stereocenters. The number of amides is 1. The van der Waals surface area contributed by atoms with Gasteiger partial charge >= 0.3 is 0 Å². The molecule has 0 aliphatic heterocycles. The Labute approximate surface area is 94.3 Å². The van der Waals surface area contributed by atoms with Crippen molar-refractivity contribution in [1.29, 1.82) is 0 Å². The van der Waals surface area contributed by atoms with E-state index in [1.54, 1.807) is 26.0 Å². The molecular formula is C12H16FNO2. The number of rotatable bonds is 4. The Balaban J connectivity index is 2.78. The number of carbonyl (C=O) groups excluding carboxylic acids is 1. The predicted molar refractivity (Wildman–Crippen MR) is 59.2 cm³/mol. The Morgan fingerprint density at radius 3 is 2.69 bits per heavy atom. The fourth-order valence-corrected chi connectivity index (χ4v) is 1.30. The first-order valence-corrected chi connectivity index (χ1v) is 5.21. The minimum atomic E-state index is -0.550. The van der Waals surface area contributed by atoms with Gasteiger partial charge in [0.2, 0.25) is 5.91 Å². The van der Waals surface area contributed by atoms with Crippen molar-refractivity contribution in [2.24, 2.45) is 5.92 Å². The number of benzene rings is 1. The first-order chi connectivity index (χ1) is 7.54. The van der Waals surface area contributed by atoms with Crippen molar-refractivity contribution >= 4 is 5.91 Å². The summed E-state index contributed by atoms with van der Waals surface area (Å²) in [5.41, 5.74) is 0.566. The molecule has 0 saturated carbocycles. The lowest BCUT2D eigenvalue weighted by Crippen LogP contribution is -2.33. The second-order valence-electron chi connectivity index (χ2n) is 3.95. The molecule has 2 N–H and O–H groups in total. The highest BCUT2D eigenvalue weighted by Gasteiger charge is 2.15. The summed E-state index contributed by atoms with van der Waals surface area (Å²) in [6, 6.07) is 5.30. The molecule has 0 bridgehead atoms. The molecule has 1 rings (SSSR count). The molecule has 0 heterocycles. The number of nitrogens with one attached hydrogen (secondary N) is 1. The lowest BCUT2D eigenvalue weighted by Gasteiger charge is -2.18. The van der Waals surface area contributed by atoms with Crippen LogP contribution in [-0.2, 0) is 4.79 Å². The molecule has 0 aromatic heterocycles. The highest BCUT2D eigenvalue weighted by molar-refractivity contribution is 5.78. The van der Waals surface area contributed by atoms with Gasteiger partial charge in [0.05, 0.1) is 12.6 Å². The van der Waals surface area contributed by atoms with Crippen molar-refractivity contribution < 1.29 is 14.3 Å². The second kappa shape index (κ2) is 5.61. The molecule has 16 heavy (non-hydrogen) atoms. The fourth-order valence-electron chi connectivity index (χ4n) is 1.30. The van der Waals surface area contributed by atoms with Crippen molar-refractivity contribution in [3.63, 3.8) is 0 Å². The van der Waals surface area contributed by atoms with Crippen molar-refractivity contribution in [1.82, 2.24) is 5.32 Å². The summed E-state index contributed by atoms with van der Waals surface area (Å²) >= 11 is 0. The topological polar surface area (TPSA) is 49.3 Å². The third kappa shape index (κ3) is 3.31. The fraction of sp³-hybridized carbons (Fsp3) is 0.417. The van der Waals surface area contributed by atoms with Crippen LogP contribution >= 0.6 is 0 Å². The van der Waals surface area contributed by atoms with Crippen LogP contribution in [0.5, 0.6) is 0 Å². The van der Waals surface area contributed by atoms with E-state index in [-0.39, 0.29) is 24.2 Å². The van der Waals surface area contributed by atoms with Crippen molar-refractivity contribution in [2.45, 2.75) is 19.9 Å². The van der Waals surface area contributed by atoms with Crippen LogP contribution in [-0.4, -0.2) is 17.6 Å². The van der Waals surface area contributed by atoms with Crippen LogP contribution in [0.25, 0.3) is 0 Å². The maximum absolute atomic E-state index is 13.0. The minimum absolute atomic E-state index is 0.164. The zero-order valence-electron chi connectivity index (χ0n) is 9.40. The standard InChI is InChI=1S/C12H16FNO2/c1-8(2)12(16)14-11(7-15)9-4-3-5-10(13)6-9/h3-6,8,11,15H,7H2,1-2H3,(H,14,16)/t11-/m1/s1. The third-order valence-corrected chi connectivity index (χ3v) is 2.27. The molecule has 4 heteroatoms. The average Bonchev–Trinajstić information content (AvgIpc) is 2.25. The van der Waals surface area contributed by atoms with E-state index in [4.69, 9.17) is 5.11 Å². The maximum Gasteiger partial charge on any atom is 0.223 e. The Hall–Kier alpha value is -1.42. The first-order valence-electron chi connectivity index (χ1n) is 5.21. The minimum Gasteiger partial charge on any atom is -0.394 e. The second-order valence-corrected chi connectivity index (χ2v) is 3.95. The number of hydrogen-bond acceptors (Lipinski definition) is 2. The summed E-state index contributed by atoms with van der Waals surface area (Å²) in [5.74, 6) is -0.708. The van der Waals surface area contributed by atoms with Gasteiger partial charge in [0.15, 0.2) is 0 Å². The molecule has 0 fully saturated rings. The molecule has 88 valence electrons. The van der Waals surface area contributed by atoms with Crippen LogP contribution in [0, 0.1) is 11.7 Å². The Morgan fingerprint density at radius 2 is 2.19 bits per heavy atom. The zero-order valence-corrected chi connectivity index (χ0v) is 9.40. The number of aliphatic hydroxyl groups is 1. The van der Waals surface area contributed by atoms with Crippen molar-refractivity contribution in [2.75, 3.05) is 6.61 Å². The molecule has 0 saturated heterocycles. The van der Waals surface area contributed by atoms with Crippen LogP contribution in [0.3, 0.4) is 0 Å². The normalized spacial score (nSPS) is 12.6. The van der Waals surface area contributed by atoms with E-state index in [0.29, 0.717) is 5.56 Å². The summed E-state index contributed by atoms with van der Waals surface area (Å²) in [6.45, 7) is 3.27. The van der Waals surface area contributed by atoms with E-state index in [1.807, 2.05) is 0 Å². The highest BCUT2D eigenvalue weighted by atomic mass is 19.1. The predicted octanol–water partition coefficient (Wildman–Crippen LogP) is 1.63. The number of hydrogen-bond donors (Lipinski definition) is 2. The molecule has 1 amide bonds. The Bertz CT molecular complexity index is 366. The summed E-state index contributed by atoms with van der Waals surface area (Å²) < 4.78 is 13.0. The molecular weight excluding hydrogens is 209 g/mol. The number of halogens is 1. The van der Waals surface area contributed by atoms with Gasteiger partial charge in [-0.3, -0.25) is 4.79 Å². The molecule has 1 aromatic rings. The Kier molecular flexibility index (Phi) is 4.43. The van der Waals surface area contributed by atoms with E-state index >= 15 is 0 Å². The maximum atomic E-state index is 13.0. The molecule has 1 atom stereocenters. The van der Waals surface area contributed by atoms with Gasteiger partial charge < -0.3 is 10.4 Å². The number of aliphatic hydroxyl groups excluding tert-OH is 1. The van der Waals surface area contributed by atoms with E-state index in [2.05, 4.69) is 5.32 Å². The molecule has 3 nitrogen and oxygen atoms in total. The molecule has 0 aliphatic carbocycles. The van der Waals surface area contributed by atoms with Crippen LogP contribution in [0.15, 0.2) is 24.3 Å². The van der Waals surface area contributed by atoms with Crippen LogP contribution in [0.1, 0.15) is 25.5 Å². The van der Waals surface area contributed by atoms with Gasteiger partial charge in [-0.05, 0) is 17.7 Å². The molecule has 1 aromatic carbocycles. The largest absolute Gasteiger partial charge is 0.394 e. The molecule has 0 aliphatic rings. The van der Waals surface area contributed by atoms with Crippen LogP contribution < -0.4 is 5.32 Å². The van der Waals surface area contributed by atoms with Gasteiger partial charge in [0, 0.05) is 5.92 Å². The summed E-state index contributed by atoms with van der Waals surface area (Å²) in [7, 11) is 0. The molecule has 0 spiro atoms. The van der Waals surface area contributed by atoms with Gasteiger partial charge in [0.1, 0.15) is 5.82 Å². The summed E-state index contributed by atoms with van der Waals surface area (Å²) in [6.07, 6.45) is 0. The summed E-state index contributed by atoms with van der Waals surface area (Å²) in [5, 5.41) is 11.8. The third-order valence-electron chi connectivity index (χ3n) is 2.27. The van der Waals surface area contributed by atoms with Crippen molar-refractivity contribution in [3.05, 3.63) is 35.6 Å². The van der Waals surface area contributed by atoms with Gasteiger partial charge in [-0.15, -0.1) is 0 Å². The number of carbonyl (C=O) groups is 1. The summed E-state index contributed by atoms with van der Waals surface area (Å²) in [4.78, 5) is 11.5. The van der Waals surface area contributed by atoms with Gasteiger partial charge in [-0.2, -0.15) is 0 Å². The highest BCUT2D eigenvalue weighted by Crippen LogP contribution is 2.14. The molecule has 0 radical (unpaired) electrons. The lowest BCUT2D eigenvalue weighted by molar-refractivity contribution is -0.125. The van der Waals surface area contributed by atoms with E-state index in [9.17, 15) is 9.18 Å². The van der Waals surface area contributed by atoms with E-state index in [1.165, 1.54) is 12.1 Å². The smallest absolute Gasteiger partial charge is 0.223 e. The lowest BCUT2D eigenvalue weighted by atomic mass is 10.1. The SMILES string of the molecule is CC(C)C(=O)N[C@H](CO)c1cccc(F)c1. The van der Waals surface area contributed by atoms with E-state index in [0.717, 1.165) is 0 Å². The van der Waals surface area contributed by atoms with Gasteiger partial charge in [0.25, 0.3) is 0 Å². The van der Waals surface area contributed by atoms with E-state index < -0.39 is 6.04 Å². The van der Waals surface area contributed by atoms with Crippen molar-refractivity contribution in [3.8, 4) is 0 Å². The average molecular weight is 225 g/mol.